The maximum atomic E-state index is 12.8. The summed E-state index contributed by atoms with van der Waals surface area (Å²) in [6.45, 7) is -4.08. The van der Waals surface area contributed by atoms with Gasteiger partial charge in [0.05, 0.1) is 28.0 Å². The number of fused-ring (bicyclic) bond motifs is 1. The molecule has 0 amide bonds. The highest BCUT2D eigenvalue weighted by Gasteiger charge is 2.22. The molecular weight excluding hydrogens is 368 g/mol. The molecule has 0 radical (unpaired) electrons. The number of hydrogen-bond donors (Lipinski definition) is 1. The molecule has 0 saturated heterocycles. The number of alkyl halides is 2. The van der Waals surface area contributed by atoms with Crippen molar-refractivity contribution in [3.8, 4) is 17.2 Å². The first-order valence-corrected chi connectivity index (χ1v) is 8.48. The van der Waals surface area contributed by atoms with E-state index in [2.05, 4.69) is 19.7 Å². The molecule has 0 bridgehead atoms. The second-order valence-corrected chi connectivity index (χ2v) is 6.27. The zero-order valence-electron chi connectivity index (χ0n) is 16.6. The van der Waals surface area contributed by atoms with Gasteiger partial charge in [0.1, 0.15) is 11.4 Å². The van der Waals surface area contributed by atoms with Gasteiger partial charge in [0.25, 0.3) is 0 Å². The average Bonchev–Trinajstić information content (AvgIpc) is 3.06. The minimum Gasteiger partial charge on any atom is -0.609 e. The molecule has 1 N–H and O–H groups in total. The van der Waals surface area contributed by atoms with E-state index in [1.165, 1.54) is 32.4 Å². The van der Waals surface area contributed by atoms with Gasteiger partial charge in [-0.05, 0) is 12.1 Å². The summed E-state index contributed by atoms with van der Waals surface area (Å²) in [4.78, 5) is 10.8. The van der Waals surface area contributed by atoms with Gasteiger partial charge in [-0.2, -0.15) is 13.8 Å². The Morgan fingerprint density at radius 2 is 2.19 bits per heavy atom. The molecule has 26 heavy (non-hydrogen) atoms. The SMILES string of the molecule is [2H]c1nc(C[S+]([O-])c2nc3ccc(OC([2H])(F)F)cc3[nH]2)c(OC)c(OC)c1[2H]. The molecule has 138 valence electrons. The highest BCUT2D eigenvalue weighted by Crippen LogP contribution is 2.31. The van der Waals surface area contributed by atoms with Gasteiger partial charge in [0.15, 0.2) is 18.6 Å². The molecule has 0 aliphatic heterocycles. The second-order valence-electron chi connectivity index (χ2n) is 4.90. The molecule has 1 aromatic carbocycles. The van der Waals surface area contributed by atoms with Crippen molar-refractivity contribution in [3.63, 3.8) is 0 Å². The van der Waals surface area contributed by atoms with E-state index < -0.39 is 17.8 Å². The second kappa shape index (κ2) is 7.75. The first-order valence-electron chi connectivity index (χ1n) is 8.66. The van der Waals surface area contributed by atoms with E-state index in [0.717, 1.165) is 0 Å². The third kappa shape index (κ3) is 3.81. The summed E-state index contributed by atoms with van der Waals surface area (Å²) in [5.41, 5.74) is 0.784. The highest BCUT2D eigenvalue weighted by atomic mass is 32.2. The molecule has 1 atom stereocenters. The number of nitrogens with one attached hydrogen (secondary N) is 1. The number of aromatic amines is 1. The topological polar surface area (TPSA) is 92.3 Å². The van der Waals surface area contributed by atoms with Crippen molar-refractivity contribution in [2.24, 2.45) is 0 Å². The Morgan fingerprint density at radius 1 is 1.38 bits per heavy atom. The number of imidazole rings is 1. The van der Waals surface area contributed by atoms with Gasteiger partial charge < -0.3 is 18.8 Å². The fourth-order valence-electron chi connectivity index (χ4n) is 2.26. The Kier molecular flexibility index (Phi) is 4.34. The van der Waals surface area contributed by atoms with Crippen LogP contribution >= 0.6 is 0 Å². The van der Waals surface area contributed by atoms with Gasteiger partial charge in [-0.25, -0.2) is 0 Å². The summed E-state index contributed by atoms with van der Waals surface area (Å²) in [6, 6.07) is 3.55. The van der Waals surface area contributed by atoms with Crippen molar-refractivity contribution >= 4 is 22.2 Å². The Labute approximate surface area is 154 Å². The maximum Gasteiger partial charge on any atom is 0.387 e. The summed E-state index contributed by atoms with van der Waals surface area (Å²) in [5.74, 6) is -0.357. The predicted octanol–water partition coefficient (Wildman–Crippen LogP) is 2.88. The molecule has 3 aromatic rings. The number of aromatic nitrogens is 3. The fourth-order valence-corrected chi connectivity index (χ4v) is 3.26. The lowest BCUT2D eigenvalue weighted by atomic mass is 10.3. The number of ether oxygens (including phenoxy) is 3. The van der Waals surface area contributed by atoms with Crippen molar-refractivity contribution in [3.05, 3.63) is 36.1 Å². The van der Waals surface area contributed by atoms with Crippen LogP contribution in [0.2, 0.25) is 0 Å². The lowest BCUT2D eigenvalue weighted by molar-refractivity contribution is -0.0497. The van der Waals surface area contributed by atoms with E-state index in [9.17, 15) is 13.3 Å². The van der Waals surface area contributed by atoms with Gasteiger partial charge in [-0.1, -0.05) is 0 Å². The number of rotatable bonds is 7. The van der Waals surface area contributed by atoms with Gasteiger partial charge in [-0.3, -0.25) is 9.97 Å². The molecule has 0 saturated carbocycles. The number of methoxy groups -OCH3 is 2. The average molecular weight is 386 g/mol. The van der Waals surface area contributed by atoms with Crippen molar-refractivity contribution in [2.75, 3.05) is 14.2 Å². The predicted molar refractivity (Wildman–Crippen MR) is 90.2 cm³/mol. The van der Waals surface area contributed by atoms with Crippen LogP contribution in [-0.2, 0) is 16.9 Å². The van der Waals surface area contributed by atoms with Crippen molar-refractivity contribution < 1.29 is 31.7 Å². The van der Waals surface area contributed by atoms with Crippen LogP contribution in [0, 0.1) is 0 Å². The molecule has 0 spiro atoms. The van der Waals surface area contributed by atoms with E-state index in [1.54, 1.807) is 0 Å². The van der Waals surface area contributed by atoms with Crippen LogP contribution in [0.5, 0.6) is 17.2 Å². The molecule has 0 aliphatic carbocycles. The summed E-state index contributed by atoms with van der Waals surface area (Å²) in [6.07, 6.45) is -0.364. The quantitative estimate of drug-likeness (QED) is 0.628. The van der Waals surface area contributed by atoms with Crippen LogP contribution in [-0.4, -0.2) is 40.3 Å². The van der Waals surface area contributed by atoms with Gasteiger partial charge >= 0.3 is 11.7 Å². The summed E-state index contributed by atoms with van der Waals surface area (Å²) < 4.78 is 74.7. The van der Waals surface area contributed by atoms with E-state index in [4.69, 9.17) is 13.6 Å². The Balaban J connectivity index is 1.90. The Morgan fingerprint density at radius 3 is 2.88 bits per heavy atom. The number of nitrogens with zero attached hydrogens (tertiary/aromatic N) is 2. The zero-order chi connectivity index (χ0) is 21.3. The minimum atomic E-state index is -4.08. The van der Waals surface area contributed by atoms with Crippen molar-refractivity contribution in [1.82, 2.24) is 15.0 Å². The van der Waals surface area contributed by atoms with Crippen LogP contribution in [0.3, 0.4) is 0 Å². The molecule has 1 unspecified atom stereocenters. The smallest absolute Gasteiger partial charge is 0.387 e. The molecule has 7 nitrogen and oxygen atoms in total. The van der Waals surface area contributed by atoms with Gasteiger partial charge in [-0.15, -0.1) is 0 Å². The summed E-state index contributed by atoms with van der Waals surface area (Å²) >= 11 is -1.76. The largest absolute Gasteiger partial charge is 0.609 e. The third-order valence-electron chi connectivity index (χ3n) is 3.35. The van der Waals surface area contributed by atoms with Gasteiger partial charge in [0.2, 0.25) is 0 Å². The molecular formula is C16H15F2N3O4S. The molecule has 2 aromatic heterocycles. The Bertz CT molecular complexity index is 1050. The summed E-state index contributed by atoms with van der Waals surface area (Å²) in [7, 11) is 2.65. The van der Waals surface area contributed by atoms with Crippen LogP contribution in [0.25, 0.3) is 11.0 Å². The third-order valence-corrected chi connectivity index (χ3v) is 4.51. The van der Waals surface area contributed by atoms with Crippen LogP contribution in [0.1, 0.15) is 9.81 Å². The normalized spacial score (nSPS) is 14.4. The van der Waals surface area contributed by atoms with Crippen LogP contribution < -0.4 is 14.2 Å². The van der Waals surface area contributed by atoms with E-state index in [-0.39, 0.29) is 51.6 Å². The summed E-state index contributed by atoms with van der Waals surface area (Å²) in [5, 5.41) is 0.0408. The molecule has 2 heterocycles. The monoisotopic (exact) mass is 386 g/mol. The fraction of sp³-hybridized carbons (Fsp3) is 0.250. The first-order chi connectivity index (χ1) is 13.6. The molecule has 0 fully saturated rings. The highest BCUT2D eigenvalue weighted by molar-refractivity contribution is 7.90. The number of halogens is 2. The number of pyridine rings is 1. The van der Waals surface area contributed by atoms with E-state index in [1.807, 2.05) is 0 Å². The first kappa shape index (κ1) is 14.6. The molecule has 0 aliphatic rings. The van der Waals surface area contributed by atoms with Crippen molar-refractivity contribution in [1.29, 1.82) is 0 Å². The number of hydrogen-bond acceptors (Lipinski definition) is 6. The van der Waals surface area contributed by atoms with Crippen LogP contribution in [0.15, 0.2) is 35.6 Å². The molecule has 10 heteroatoms. The van der Waals surface area contributed by atoms with Crippen LogP contribution in [0.4, 0.5) is 8.78 Å². The maximum absolute atomic E-state index is 12.8. The lowest BCUT2D eigenvalue weighted by Crippen LogP contribution is -2.10. The standard InChI is InChI=1S/C16H15F2N3O4S/c1-23-13-5-6-19-12(14(13)24-2)8-26(22)16-20-10-4-3-9(25-15(17)18)7-11(10)21-16/h3-7,15H,8H2,1-2H3,(H,20,21)/i5D,6D,15D. The number of H-pyrrole nitrogens is 1. The zero-order valence-corrected chi connectivity index (χ0v) is 14.4. The van der Waals surface area contributed by atoms with E-state index in [0.29, 0.717) is 5.52 Å². The van der Waals surface area contributed by atoms with E-state index >= 15 is 0 Å². The minimum absolute atomic E-state index is 0.00205. The molecule has 3 rings (SSSR count). The van der Waals surface area contributed by atoms with Gasteiger partial charge in [0, 0.05) is 29.5 Å². The van der Waals surface area contributed by atoms with Crippen molar-refractivity contribution in [2.45, 2.75) is 17.5 Å². The number of benzene rings is 1. The Hall–Kier alpha value is -2.59. The lowest BCUT2D eigenvalue weighted by Gasteiger charge is -2.12.